The molecule has 3 aromatic rings. The maximum absolute atomic E-state index is 13.0. The standard InChI is InChI=1S/C18H15FN2O2S/c1-12(23-15-5-3-2-4-6-15)17(22)21-18-20-16(11-24-18)13-7-9-14(19)10-8-13/h2-12H,1H3,(H,20,21,22)/t12-/m1/s1. The summed E-state index contributed by atoms with van der Waals surface area (Å²) in [6.07, 6.45) is -0.648. The zero-order valence-corrected chi connectivity index (χ0v) is 13.7. The van der Waals surface area contributed by atoms with Crippen LogP contribution in [0.5, 0.6) is 5.75 Å². The lowest BCUT2D eigenvalue weighted by Gasteiger charge is -2.13. The molecule has 0 saturated carbocycles. The second-order valence-corrected chi connectivity index (χ2v) is 5.97. The molecule has 0 saturated heterocycles. The van der Waals surface area contributed by atoms with Gasteiger partial charge in [0.1, 0.15) is 11.6 Å². The quantitative estimate of drug-likeness (QED) is 0.750. The molecule has 1 atom stereocenters. The maximum Gasteiger partial charge on any atom is 0.266 e. The van der Waals surface area contributed by atoms with E-state index in [0.717, 1.165) is 5.56 Å². The van der Waals surface area contributed by atoms with Crippen molar-refractivity contribution in [2.75, 3.05) is 5.32 Å². The van der Waals surface area contributed by atoms with Crippen molar-refractivity contribution in [3.8, 4) is 17.0 Å². The van der Waals surface area contributed by atoms with Crippen LogP contribution in [0.15, 0.2) is 60.0 Å². The predicted octanol–water partition coefficient (Wildman–Crippen LogP) is 4.36. The largest absolute Gasteiger partial charge is 0.481 e. The molecule has 1 heterocycles. The number of thiazole rings is 1. The number of carbonyl (C=O) groups excluding carboxylic acids is 1. The first kappa shape index (κ1) is 16.1. The highest BCUT2D eigenvalue weighted by Gasteiger charge is 2.16. The molecule has 1 N–H and O–H groups in total. The van der Waals surface area contributed by atoms with Crippen molar-refractivity contribution in [2.24, 2.45) is 0 Å². The van der Waals surface area contributed by atoms with Crippen molar-refractivity contribution in [1.82, 2.24) is 4.98 Å². The lowest BCUT2D eigenvalue weighted by atomic mass is 10.2. The molecule has 0 radical (unpaired) electrons. The summed E-state index contributed by atoms with van der Waals surface area (Å²) in [4.78, 5) is 16.5. The number of nitrogens with zero attached hydrogens (tertiary/aromatic N) is 1. The molecule has 122 valence electrons. The lowest BCUT2D eigenvalue weighted by molar-refractivity contribution is -0.122. The first-order valence-corrected chi connectivity index (χ1v) is 8.24. The van der Waals surface area contributed by atoms with Crippen molar-refractivity contribution < 1.29 is 13.9 Å². The van der Waals surface area contributed by atoms with Crippen LogP contribution in [0.1, 0.15) is 6.92 Å². The number of para-hydroxylation sites is 1. The molecule has 0 spiro atoms. The topological polar surface area (TPSA) is 51.2 Å². The minimum Gasteiger partial charge on any atom is -0.481 e. The summed E-state index contributed by atoms with van der Waals surface area (Å²) in [5.74, 6) is 0.0551. The van der Waals surface area contributed by atoms with E-state index >= 15 is 0 Å². The molecule has 3 rings (SSSR count). The Hall–Kier alpha value is -2.73. The summed E-state index contributed by atoms with van der Waals surface area (Å²) in [5, 5.41) is 5.02. The van der Waals surface area contributed by atoms with E-state index in [0.29, 0.717) is 16.6 Å². The molecular formula is C18H15FN2O2S. The molecule has 6 heteroatoms. The predicted molar refractivity (Wildman–Crippen MR) is 92.7 cm³/mol. The van der Waals surface area contributed by atoms with Gasteiger partial charge in [-0.05, 0) is 43.3 Å². The van der Waals surface area contributed by atoms with E-state index in [9.17, 15) is 9.18 Å². The number of hydrogen-bond donors (Lipinski definition) is 1. The van der Waals surface area contributed by atoms with Crippen molar-refractivity contribution in [3.05, 3.63) is 65.8 Å². The highest BCUT2D eigenvalue weighted by Crippen LogP contribution is 2.25. The van der Waals surface area contributed by atoms with E-state index in [1.165, 1.54) is 23.5 Å². The van der Waals surface area contributed by atoms with Gasteiger partial charge in [-0.3, -0.25) is 10.1 Å². The normalized spacial score (nSPS) is 11.8. The number of ether oxygens (including phenoxy) is 1. The molecule has 0 bridgehead atoms. The van der Waals surface area contributed by atoms with Crippen molar-refractivity contribution in [1.29, 1.82) is 0 Å². The van der Waals surface area contributed by atoms with Gasteiger partial charge in [0.15, 0.2) is 11.2 Å². The van der Waals surface area contributed by atoms with Crippen LogP contribution in [0.3, 0.4) is 0 Å². The molecule has 0 aliphatic rings. The monoisotopic (exact) mass is 342 g/mol. The average Bonchev–Trinajstić information content (AvgIpc) is 3.05. The van der Waals surface area contributed by atoms with E-state index < -0.39 is 6.10 Å². The number of aromatic nitrogens is 1. The molecule has 0 aliphatic carbocycles. The van der Waals surface area contributed by atoms with E-state index in [-0.39, 0.29) is 11.7 Å². The van der Waals surface area contributed by atoms with Crippen molar-refractivity contribution >= 4 is 22.4 Å². The molecule has 4 nitrogen and oxygen atoms in total. The summed E-state index contributed by atoms with van der Waals surface area (Å²) in [6, 6.07) is 15.2. The molecule has 0 unspecified atom stereocenters. The van der Waals surface area contributed by atoms with E-state index in [4.69, 9.17) is 4.74 Å². The third-order valence-corrected chi connectivity index (χ3v) is 4.06. The molecule has 1 amide bonds. The van der Waals surface area contributed by atoms with Crippen LogP contribution >= 0.6 is 11.3 Å². The van der Waals surface area contributed by atoms with Crippen LogP contribution in [-0.4, -0.2) is 17.0 Å². The number of nitrogens with one attached hydrogen (secondary N) is 1. The second-order valence-electron chi connectivity index (χ2n) is 5.11. The van der Waals surface area contributed by atoms with Gasteiger partial charge in [0.05, 0.1) is 5.69 Å². The van der Waals surface area contributed by atoms with Gasteiger partial charge in [-0.25, -0.2) is 9.37 Å². The van der Waals surface area contributed by atoms with Crippen LogP contribution < -0.4 is 10.1 Å². The number of amides is 1. The first-order chi connectivity index (χ1) is 11.6. The molecule has 24 heavy (non-hydrogen) atoms. The minimum absolute atomic E-state index is 0.279. The van der Waals surface area contributed by atoms with Crippen LogP contribution in [0.25, 0.3) is 11.3 Å². The van der Waals surface area contributed by atoms with E-state index in [2.05, 4.69) is 10.3 Å². The number of carbonyl (C=O) groups is 1. The Morgan fingerprint density at radius 3 is 2.58 bits per heavy atom. The Morgan fingerprint density at radius 2 is 1.88 bits per heavy atom. The zero-order valence-electron chi connectivity index (χ0n) is 12.9. The van der Waals surface area contributed by atoms with E-state index in [1.807, 2.05) is 23.6 Å². The minimum atomic E-state index is -0.648. The number of halogens is 1. The molecule has 0 aliphatic heterocycles. The maximum atomic E-state index is 13.0. The number of rotatable bonds is 5. The first-order valence-electron chi connectivity index (χ1n) is 7.36. The molecule has 0 fully saturated rings. The summed E-state index contributed by atoms with van der Waals surface area (Å²) in [6.45, 7) is 1.68. The number of anilines is 1. The fourth-order valence-electron chi connectivity index (χ4n) is 2.05. The van der Waals surface area contributed by atoms with Crippen molar-refractivity contribution in [3.63, 3.8) is 0 Å². The van der Waals surface area contributed by atoms with Crippen LogP contribution in [0, 0.1) is 5.82 Å². The van der Waals surface area contributed by atoms with Gasteiger partial charge < -0.3 is 4.74 Å². The molecular weight excluding hydrogens is 327 g/mol. The summed E-state index contributed by atoms with van der Waals surface area (Å²) in [5.41, 5.74) is 1.48. The Kier molecular flexibility index (Phi) is 4.86. The molecule has 2 aromatic carbocycles. The third kappa shape index (κ3) is 3.97. The summed E-state index contributed by atoms with van der Waals surface area (Å²) >= 11 is 1.31. The Bertz CT molecular complexity index is 819. The lowest BCUT2D eigenvalue weighted by Crippen LogP contribution is -2.30. The van der Waals surface area contributed by atoms with Gasteiger partial charge in [-0.2, -0.15) is 0 Å². The third-order valence-electron chi connectivity index (χ3n) is 3.30. The Morgan fingerprint density at radius 1 is 1.17 bits per heavy atom. The number of benzene rings is 2. The van der Waals surface area contributed by atoms with E-state index in [1.54, 1.807) is 31.2 Å². The highest BCUT2D eigenvalue weighted by atomic mass is 32.1. The van der Waals surface area contributed by atoms with Crippen LogP contribution in [-0.2, 0) is 4.79 Å². The van der Waals surface area contributed by atoms with Crippen molar-refractivity contribution in [2.45, 2.75) is 13.0 Å². The van der Waals surface area contributed by atoms with Gasteiger partial charge in [-0.1, -0.05) is 18.2 Å². The van der Waals surface area contributed by atoms with Gasteiger partial charge in [0.25, 0.3) is 5.91 Å². The molecule has 1 aromatic heterocycles. The average molecular weight is 342 g/mol. The fraction of sp³-hybridized carbons (Fsp3) is 0.111. The van der Waals surface area contributed by atoms with Gasteiger partial charge >= 0.3 is 0 Å². The fourth-order valence-corrected chi connectivity index (χ4v) is 2.77. The highest BCUT2D eigenvalue weighted by molar-refractivity contribution is 7.14. The number of hydrogen-bond acceptors (Lipinski definition) is 4. The SMILES string of the molecule is C[C@@H](Oc1ccccc1)C(=O)Nc1nc(-c2ccc(F)cc2)cs1. The smallest absolute Gasteiger partial charge is 0.266 e. The Balaban J connectivity index is 1.63. The van der Waals surface area contributed by atoms with Gasteiger partial charge in [0, 0.05) is 10.9 Å². The summed E-state index contributed by atoms with van der Waals surface area (Å²) in [7, 11) is 0. The second kappa shape index (κ2) is 7.23. The summed E-state index contributed by atoms with van der Waals surface area (Å²) < 4.78 is 18.5. The van der Waals surface area contributed by atoms with Crippen LogP contribution in [0.4, 0.5) is 9.52 Å². The Labute approximate surface area is 142 Å². The zero-order chi connectivity index (χ0) is 16.9. The van der Waals surface area contributed by atoms with Gasteiger partial charge in [-0.15, -0.1) is 11.3 Å². The van der Waals surface area contributed by atoms with Crippen LogP contribution in [0.2, 0.25) is 0 Å². The van der Waals surface area contributed by atoms with Gasteiger partial charge in [0.2, 0.25) is 0 Å².